The molecule has 0 saturated heterocycles. The van der Waals surface area contributed by atoms with Crippen molar-refractivity contribution >= 4 is 6.29 Å². The Kier molecular flexibility index (Phi) is 49.1. The summed E-state index contributed by atoms with van der Waals surface area (Å²) in [4.78, 5) is 10.2. The average molecular weight is 1010 g/mol. The van der Waals surface area contributed by atoms with Crippen LogP contribution >= 0.6 is 0 Å². The Bertz CT molecular complexity index is 879. The summed E-state index contributed by atoms with van der Waals surface area (Å²) in [7, 11) is 0. The quantitative estimate of drug-likeness (QED) is 0.0123. The van der Waals surface area contributed by atoms with Gasteiger partial charge in [0.05, 0.1) is 92.5 Å². The molecule has 0 aromatic heterocycles. The second-order valence-corrected chi connectivity index (χ2v) is 13.6. The van der Waals surface area contributed by atoms with Gasteiger partial charge in [-0.1, -0.05) is 7.43 Å². The summed E-state index contributed by atoms with van der Waals surface area (Å²) in [5.41, 5.74) is -1.57. The number of ether oxygens (including phenoxy) is 9. The summed E-state index contributed by atoms with van der Waals surface area (Å²) in [6, 6.07) is 0. The molecule has 0 saturated carbocycles. The normalized spacial score (nSPS) is 15.9. The van der Waals surface area contributed by atoms with Crippen LogP contribution in [-0.2, 0) is 47.4 Å². The van der Waals surface area contributed by atoms with Gasteiger partial charge in [-0.05, 0) is 13.8 Å². The molecule has 7 unspecified atom stereocenters. The molecule has 8 atom stereocenters. The second-order valence-electron chi connectivity index (χ2n) is 11.4. The van der Waals surface area contributed by atoms with Gasteiger partial charge in [0.15, 0.2) is 31.5 Å². The van der Waals surface area contributed by atoms with Crippen LogP contribution in [0.3, 0.4) is 0 Å². The molecule has 0 amide bonds. The van der Waals surface area contributed by atoms with Crippen LogP contribution in [-0.4, -0.2) is 239 Å². The first kappa shape index (κ1) is 68.4. The van der Waals surface area contributed by atoms with Crippen LogP contribution < -0.4 is 63.4 Å². The monoisotopic (exact) mass is 1010 g/mol. The van der Waals surface area contributed by atoms with E-state index in [1.807, 2.05) is 0 Å². The van der Waals surface area contributed by atoms with E-state index in [2.05, 4.69) is 0 Å². The summed E-state index contributed by atoms with van der Waals surface area (Å²) in [5, 5.41) is 120. The van der Waals surface area contributed by atoms with Crippen LogP contribution in [0.1, 0.15) is 21.3 Å². The van der Waals surface area contributed by atoms with Gasteiger partial charge in [-0.25, -0.2) is 0 Å². The Balaban J connectivity index is -0.000000295. The van der Waals surface area contributed by atoms with E-state index in [4.69, 9.17) is 92.1 Å². The number of carbonyl (C=O) groups is 1. The third-order valence-electron chi connectivity index (χ3n) is 6.08. The molecular weight excluding hydrogens is 942 g/mol. The van der Waals surface area contributed by atoms with E-state index in [1.165, 1.54) is 13.8 Å². The molecule has 27 nitrogen and oxygen atoms in total. The molecule has 0 bridgehead atoms. The fourth-order valence-corrected chi connectivity index (χ4v) is 3.23. The smallest absolute Gasteiger partial charge is 0.394 e. The van der Waals surface area contributed by atoms with Gasteiger partial charge in [-0.15, -0.1) is 0 Å². The topological polar surface area (TPSA) is 455 Å². The van der Waals surface area contributed by atoms with Crippen LogP contribution in [0, 0.1) is 0 Å². The van der Waals surface area contributed by atoms with E-state index in [9.17, 15) is 35.4 Å². The molecule has 13 N–H and O–H groups in total. The van der Waals surface area contributed by atoms with E-state index in [0.717, 1.165) is 0 Å². The minimum Gasteiger partial charge on any atom is -0.394 e. The van der Waals surface area contributed by atoms with E-state index in [1.54, 1.807) is 0 Å². The number of aliphatic hydroxyl groups excluding tert-OH is 12. The van der Waals surface area contributed by atoms with Crippen LogP contribution in [0.2, 0.25) is 0 Å². The Labute approximate surface area is 369 Å². The molecule has 0 rings (SSSR count). The first-order valence-corrected chi connectivity index (χ1v) is 20.2. The maximum atomic E-state index is 10.2. The standard InChI is InChI=1S/C17H36O13.C12H24O10.CH4.IO4.Na/c1-17(2,25)16(24)30-13(6-21)10-27-15(8-23)29-12(5-20)9-26-14(7-22)28-11(3-18)4-19;13-1-2-19-11(6-17)22-10(5-16)8-20-12(7-18)21-9(3-14)4-15;;2-1(3,4)5;/h11-16,18-25H,3-10H2,1-2H3;1,9-12,14-18H,2-8H2;1H4;;/q;;;-1;+1/t12?,13?,14?,15?,16-;;;;/m0..../s1. The Hall–Kier alpha value is 0.360. The molecule has 0 heterocycles. The number of aldehydes is 1. The summed E-state index contributed by atoms with van der Waals surface area (Å²) < 4.78 is 80.7. The number of halogens is 1. The zero-order valence-electron chi connectivity index (χ0n) is 32.4. The number of rotatable bonds is 34. The molecule has 0 aromatic rings. The predicted molar refractivity (Wildman–Crippen MR) is 176 cm³/mol. The number of hydrogen-bond donors (Lipinski definition) is 13. The average Bonchev–Trinajstić information content (AvgIpc) is 3.18. The molecule has 0 aliphatic rings. The first-order valence-electron chi connectivity index (χ1n) is 16.7. The Morgan fingerprint density at radius 2 is 0.729 bits per heavy atom. The summed E-state index contributed by atoms with van der Waals surface area (Å²) >= 11 is -5.94. The molecule has 0 radical (unpaired) electrons. The SMILES string of the molecule is C.CC(C)(O)[C@@H](O)OC(CO)COC(CO)OC(CO)COC(CO)OC(CO)CO.O=CCOC(CO)OC(CO)COC(CO)OC(CO)CO.[Na+].[O-][I+3]([O-])([O-])[O-]. The van der Waals surface area contributed by atoms with Crippen LogP contribution in [0.25, 0.3) is 0 Å². The molecule has 59 heavy (non-hydrogen) atoms. The van der Waals surface area contributed by atoms with E-state index in [0.29, 0.717) is 6.29 Å². The fourth-order valence-electron chi connectivity index (χ4n) is 3.23. The van der Waals surface area contributed by atoms with E-state index >= 15 is 0 Å². The van der Waals surface area contributed by atoms with Crippen molar-refractivity contribution in [2.75, 3.05) is 99.1 Å². The van der Waals surface area contributed by atoms with Gasteiger partial charge in [0.1, 0.15) is 69.1 Å². The van der Waals surface area contributed by atoms with Crippen molar-refractivity contribution in [3.05, 3.63) is 0 Å². The van der Waals surface area contributed by atoms with Gasteiger partial charge in [-0.2, -0.15) is 0 Å². The molecule has 354 valence electrons. The van der Waals surface area contributed by atoms with Crippen molar-refractivity contribution in [1.82, 2.24) is 0 Å². The fraction of sp³-hybridized carbons (Fsp3) is 0.967. The minimum atomic E-state index is -5.94. The Morgan fingerprint density at radius 1 is 0.492 bits per heavy atom. The first-order chi connectivity index (χ1) is 26.8. The van der Waals surface area contributed by atoms with Crippen molar-refractivity contribution in [3.63, 3.8) is 0 Å². The number of carbonyl (C=O) groups excluding carboxylic acids is 1. The molecule has 0 spiro atoms. The number of hydrogen-bond acceptors (Lipinski definition) is 27. The van der Waals surface area contributed by atoms with Gasteiger partial charge in [0, 0.05) is 0 Å². The van der Waals surface area contributed by atoms with Crippen LogP contribution in [0.15, 0.2) is 0 Å². The van der Waals surface area contributed by atoms with Crippen molar-refractivity contribution in [3.8, 4) is 0 Å². The van der Waals surface area contributed by atoms with Gasteiger partial charge in [0.2, 0.25) is 0 Å². The maximum absolute atomic E-state index is 10.2. The minimum absolute atomic E-state index is 0. The van der Waals surface area contributed by atoms with Crippen molar-refractivity contribution in [2.45, 2.75) is 88.8 Å². The zero-order valence-corrected chi connectivity index (χ0v) is 36.5. The predicted octanol–water partition coefficient (Wildman–Crippen LogP) is -17.6. The molecule has 0 aromatic carbocycles. The Morgan fingerprint density at radius 3 is 0.949 bits per heavy atom. The molecule has 0 aliphatic heterocycles. The zero-order chi connectivity index (χ0) is 44.5. The van der Waals surface area contributed by atoms with Crippen molar-refractivity contribution < 1.29 is 177 Å². The van der Waals surface area contributed by atoms with E-state index < -0.39 is 160 Å². The van der Waals surface area contributed by atoms with Gasteiger partial charge >= 0.3 is 29.6 Å². The maximum Gasteiger partial charge on any atom is 1.00 e. The summed E-state index contributed by atoms with van der Waals surface area (Å²) in [6.45, 7) is -4.22. The molecule has 0 fully saturated rings. The van der Waals surface area contributed by atoms with Crippen molar-refractivity contribution in [1.29, 1.82) is 0 Å². The summed E-state index contributed by atoms with van der Waals surface area (Å²) in [6.07, 6.45) is -10.6. The molecule has 29 heteroatoms. The van der Waals surface area contributed by atoms with Gasteiger partial charge in [0.25, 0.3) is 0 Å². The van der Waals surface area contributed by atoms with Gasteiger partial charge in [-0.3, -0.25) is 13.7 Å². The largest absolute Gasteiger partial charge is 1.00 e. The summed E-state index contributed by atoms with van der Waals surface area (Å²) in [5.74, 6) is 0. The molecular formula is C30H64INaO27. The third-order valence-corrected chi connectivity index (χ3v) is 6.08. The second kappa shape index (κ2) is 42.3. The van der Waals surface area contributed by atoms with Crippen LogP contribution in [0.5, 0.6) is 0 Å². The third kappa shape index (κ3) is 40.9. The molecule has 0 aliphatic carbocycles. The van der Waals surface area contributed by atoms with Gasteiger partial charge < -0.3 is 114 Å². The van der Waals surface area contributed by atoms with E-state index in [-0.39, 0.29) is 63.4 Å². The van der Waals surface area contributed by atoms with Crippen LogP contribution in [0.4, 0.5) is 0 Å². The number of aliphatic hydroxyl groups is 13. The van der Waals surface area contributed by atoms with Crippen molar-refractivity contribution in [2.24, 2.45) is 0 Å².